The summed E-state index contributed by atoms with van der Waals surface area (Å²) in [5.74, 6) is -0.831. The lowest BCUT2D eigenvalue weighted by Gasteiger charge is -2.21. The quantitative estimate of drug-likeness (QED) is 0.574. The summed E-state index contributed by atoms with van der Waals surface area (Å²) in [6.45, 7) is 6.31. The van der Waals surface area contributed by atoms with E-state index in [1.54, 1.807) is 24.0 Å². The van der Waals surface area contributed by atoms with E-state index in [0.717, 1.165) is 11.1 Å². The van der Waals surface area contributed by atoms with Crippen molar-refractivity contribution >= 4 is 11.9 Å². The first-order valence-electron chi connectivity index (χ1n) is 7.26. The fourth-order valence-electron chi connectivity index (χ4n) is 1.88. The molecule has 0 bridgehead atoms. The standard InChI is InChI=1S/C17H22FNO3/c1-4-22-17(21)9-10-19(16(20)11-13(2)3)12-14-5-7-15(18)8-6-14/h5-8,11H,4,9-10,12H2,1-3H3. The maximum absolute atomic E-state index is 12.9. The highest BCUT2D eigenvalue weighted by Crippen LogP contribution is 2.09. The molecule has 0 heterocycles. The van der Waals surface area contributed by atoms with E-state index in [9.17, 15) is 14.0 Å². The van der Waals surface area contributed by atoms with Crippen molar-refractivity contribution in [3.05, 3.63) is 47.3 Å². The Bertz CT molecular complexity index is 533. The van der Waals surface area contributed by atoms with Crippen molar-refractivity contribution in [2.75, 3.05) is 13.2 Å². The van der Waals surface area contributed by atoms with Gasteiger partial charge in [-0.3, -0.25) is 9.59 Å². The maximum Gasteiger partial charge on any atom is 0.307 e. The Morgan fingerprint density at radius 2 is 1.86 bits per heavy atom. The molecule has 0 aliphatic heterocycles. The van der Waals surface area contributed by atoms with Gasteiger partial charge in [0.05, 0.1) is 13.0 Å². The Morgan fingerprint density at radius 3 is 2.41 bits per heavy atom. The minimum absolute atomic E-state index is 0.136. The van der Waals surface area contributed by atoms with Crippen molar-refractivity contribution < 1.29 is 18.7 Å². The van der Waals surface area contributed by atoms with Gasteiger partial charge in [-0.1, -0.05) is 17.7 Å². The second-order valence-corrected chi connectivity index (χ2v) is 5.16. The molecule has 0 N–H and O–H groups in total. The molecule has 0 aromatic heterocycles. The first-order valence-corrected chi connectivity index (χ1v) is 7.26. The van der Waals surface area contributed by atoms with Crippen LogP contribution in [0.25, 0.3) is 0 Å². The smallest absolute Gasteiger partial charge is 0.307 e. The topological polar surface area (TPSA) is 46.6 Å². The van der Waals surface area contributed by atoms with Crippen molar-refractivity contribution in [1.29, 1.82) is 0 Å². The average molecular weight is 307 g/mol. The van der Waals surface area contributed by atoms with E-state index in [1.165, 1.54) is 18.2 Å². The monoisotopic (exact) mass is 307 g/mol. The number of allylic oxidation sites excluding steroid dienone is 1. The normalized spacial score (nSPS) is 10.0. The van der Waals surface area contributed by atoms with Gasteiger partial charge in [-0.05, 0) is 38.5 Å². The van der Waals surface area contributed by atoms with E-state index in [0.29, 0.717) is 13.2 Å². The molecule has 1 rings (SSSR count). The summed E-state index contributed by atoms with van der Waals surface area (Å²) in [6, 6.07) is 5.96. The predicted molar refractivity (Wildman–Crippen MR) is 82.5 cm³/mol. The molecule has 0 spiro atoms. The molecule has 120 valence electrons. The number of carbonyl (C=O) groups excluding carboxylic acids is 2. The molecule has 5 heteroatoms. The number of hydrogen-bond donors (Lipinski definition) is 0. The van der Waals surface area contributed by atoms with Gasteiger partial charge in [0.2, 0.25) is 5.91 Å². The number of carbonyl (C=O) groups is 2. The van der Waals surface area contributed by atoms with Crippen LogP contribution in [0.2, 0.25) is 0 Å². The van der Waals surface area contributed by atoms with Gasteiger partial charge in [0.1, 0.15) is 5.82 Å². The molecule has 0 aliphatic carbocycles. The Labute approximate surface area is 130 Å². The molecule has 22 heavy (non-hydrogen) atoms. The van der Waals surface area contributed by atoms with Crippen LogP contribution in [0.4, 0.5) is 4.39 Å². The first-order chi connectivity index (χ1) is 10.4. The fourth-order valence-corrected chi connectivity index (χ4v) is 1.88. The molecule has 1 aromatic carbocycles. The predicted octanol–water partition coefficient (Wildman–Crippen LogP) is 3.07. The van der Waals surface area contributed by atoms with Crippen molar-refractivity contribution in [3.63, 3.8) is 0 Å². The largest absolute Gasteiger partial charge is 0.466 e. The van der Waals surface area contributed by atoms with E-state index in [-0.39, 0.29) is 30.7 Å². The van der Waals surface area contributed by atoms with Gasteiger partial charge in [-0.25, -0.2) is 4.39 Å². The van der Waals surface area contributed by atoms with Crippen LogP contribution in [0.15, 0.2) is 35.9 Å². The van der Waals surface area contributed by atoms with Crippen molar-refractivity contribution in [2.24, 2.45) is 0 Å². The van der Waals surface area contributed by atoms with E-state index < -0.39 is 0 Å². The van der Waals surface area contributed by atoms with Crippen LogP contribution in [0, 0.1) is 5.82 Å². The molecular formula is C17H22FNO3. The summed E-state index contributed by atoms with van der Waals surface area (Å²) in [5, 5.41) is 0. The number of hydrogen-bond acceptors (Lipinski definition) is 3. The number of ether oxygens (including phenoxy) is 1. The second-order valence-electron chi connectivity index (χ2n) is 5.16. The molecule has 0 radical (unpaired) electrons. The van der Waals surface area contributed by atoms with Crippen molar-refractivity contribution in [1.82, 2.24) is 4.90 Å². The molecule has 0 fully saturated rings. The minimum atomic E-state index is -0.336. The van der Waals surface area contributed by atoms with Gasteiger partial charge in [-0.2, -0.15) is 0 Å². The number of amides is 1. The third-order valence-corrected chi connectivity index (χ3v) is 2.90. The molecule has 0 saturated carbocycles. The third-order valence-electron chi connectivity index (χ3n) is 2.90. The summed E-state index contributed by atoms with van der Waals surface area (Å²) in [6.07, 6.45) is 1.66. The minimum Gasteiger partial charge on any atom is -0.466 e. The Kier molecular flexibility index (Phi) is 7.29. The number of esters is 1. The molecule has 4 nitrogen and oxygen atoms in total. The van der Waals surface area contributed by atoms with Gasteiger partial charge < -0.3 is 9.64 Å². The molecule has 1 aromatic rings. The van der Waals surface area contributed by atoms with Gasteiger partial charge in [-0.15, -0.1) is 0 Å². The van der Waals surface area contributed by atoms with Crippen LogP contribution >= 0.6 is 0 Å². The summed E-state index contributed by atoms with van der Waals surface area (Å²) in [4.78, 5) is 25.2. The Morgan fingerprint density at radius 1 is 1.23 bits per heavy atom. The van der Waals surface area contributed by atoms with Gasteiger partial charge >= 0.3 is 5.97 Å². The van der Waals surface area contributed by atoms with E-state index in [2.05, 4.69) is 0 Å². The highest BCUT2D eigenvalue weighted by atomic mass is 19.1. The Balaban J connectivity index is 2.77. The highest BCUT2D eigenvalue weighted by Gasteiger charge is 2.14. The number of halogens is 1. The molecule has 0 unspecified atom stereocenters. The van der Waals surface area contributed by atoms with Crippen LogP contribution in [-0.2, 0) is 20.9 Å². The van der Waals surface area contributed by atoms with Crippen LogP contribution < -0.4 is 0 Å². The maximum atomic E-state index is 12.9. The second kappa shape index (κ2) is 8.97. The molecule has 0 atom stereocenters. The zero-order chi connectivity index (χ0) is 16.5. The SMILES string of the molecule is CCOC(=O)CCN(Cc1ccc(F)cc1)C(=O)C=C(C)C. The zero-order valence-corrected chi connectivity index (χ0v) is 13.3. The van der Waals surface area contributed by atoms with Crippen LogP contribution in [0.5, 0.6) is 0 Å². The molecular weight excluding hydrogens is 285 g/mol. The van der Waals surface area contributed by atoms with Gasteiger partial charge in [0.25, 0.3) is 0 Å². The van der Waals surface area contributed by atoms with E-state index >= 15 is 0 Å². The molecule has 0 saturated heterocycles. The van der Waals surface area contributed by atoms with Crippen molar-refractivity contribution in [3.8, 4) is 0 Å². The molecule has 1 amide bonds. The first kappa shape index (κ1) is 17.9. The van der Waals surface area contributed by atoms with E-state index in [1.807, 2.05) is 13.8 Å². The zero-order valence-electron chi connectivity index (χ0n) is 13.3. The lowest BCUT2D eigenvalue weighted by atomic mass is 10.2. The lowest BCUT2D eigenvalue weighted by Crippen LogP contribution is -2.31. The van der Waals surface area contributed by atoms with Gasteiger partial charge in [0, 0.05) is 19.2 Å². The summed E-state index contributed by atoms with van der Waals surface area (Å²) < 4.78 is 17.8. The van der Waals surface area contributed by atoms with Gasteiger partial charge in [0.15, 0.2) is 0 Å². The average Bonchev–Trinajstić information content (AvgIpc) is 2.45. The van der Waals surface area contributed by atoms with Crippen LogP contribution in [-0.4, -0.2) is 29.9 Å². The Hall–Kier alpha value is -2.17. The number of benzene rings is 1. The highest BCUT2D eigenvalue weighted by molar-refractivity contribution is 5.88. The summed E-state index contributed by atoms with van der Waals surface area (Å²) in [7, 11) is 0. The summed E-state index contributed by atoms with van der Waals surface area (Å²) in [5.41, 5.74) is 1.69. The van der Waals surface area contributed by atoms with Crippen LogP contribution in [0.3, 0.4) is 0 Å². The fraction of sp³-hybridized carbons (Fsp3) is 0.412. The lowest BCUT2D eigenvalue weighted by molar-refractivity contribution is -0.143. The van der Waals surface area contributed by atoms with Crippen LogP contribution in [0.1, 0.15) is 32.8 Å². The molecule has 0 aliphatic rings. The number of nitrogens with zero attached hydrogens (tertiary/aromatic N) is 1. The van der Waals surface area contributed by atoms with E-state index in [4.69, 9.17) is 4.74 Å². The summed E-state index contributed by atoms with van der Waals surface area (Å²) >= 11 is 0. The number of rotatable bonds is 7. The van der Waals surface area contributed by atoms with Crippen molar-refractivity contribution in [2.45, 2.75) is 33.7 Å². The third kappa shape index (κ3) is 6.52.